The van der Waals surface area contributed by atoms with E-state index in [9.17, 15) is 19.5 Å². The number of aromatic nitrogens is 1. The first-order valence-electron chi connectivity index (χ1n) is 28.0. The lowest BCUT2D eigenvalue weighted by Crippen LogP contribution is -2.31. The molecule has 0 amide bonds. The fourth-order valence-electron chi connectivity index (χ4n) is 9.65. The van der Waals surface area contributed by atoms with Crippen molar-refractivity contribution in [3.8, 4) is 34.5 Å². The predicted molar refractivity (Wildman–Crippen MR) is 303 cm³/mol. The molecule has 1 atom stereocenters. The predicted octanol–water partition coefficient (Wildman–Crippen LogP) is 12.6. The first kappa shape index (κ1) is 59.0. The molecule has 1 heterocycles. The van der Waals surface area contributed by atoms with Crippen LogP contribution in [0.2, 0.25) is 0 Å². The Bertz CT molecular complexity index is 2560. The molecule has 1 unspecified atom stereocenters. The van der Waals surface area contributed by atoms with Crippen molar-refractivity contribution in [1.82, 2.24) is 10.4 Å². The van der Waals surface area contributed by atoms with Crippen LogP contribution in [-0.4, -0.2) is 80.5 Å². The summed E-state index contributed by atoms with van der Waals surface area (Å²) < 4.78 is 47.7. The molecule has 2 fully saturated rings. The lowest BCUT2D eigenvalue weighted by Gasteiger charge is -2.31. The molecule has 15 nitrogen and oxygen atoms in total. The molecule has 1 aromatic heterocycles. The Morgan fingerprint density at radius 1 is 0.615 bits per heavy atom. The molecule has 16 heteroatoms. The number of thiazole rings is 1. The van der Waals surface area contributed by atoms with Gasteiger partial charge in [0.15, 0.2) is 11.4 Å². The van der Waals surface area contributed by atoms with Crippen molar-refractivity contribution in [2.45, 2.75) is 122 Å². The number of nitrogens with one attached hydrogen (secondary N) is 2. The molecular formula is C62H79N3O12S. The number of aryl methyl sites for hydroxylation is 1. The highest BCUT2D eigenvalue weighted by Gasteiger charge is 2.30. The maximum Gasteiger partial charge on any atom is 0.330 e. The van der Waals surface area contributed by atoms with Gasteiger partial charge >= 0.3 is 17.9 Å². The minimum Gasteiger partial charge on any atom is -0.494 e. The number of unbranched alkanes of at least 4 members (excludes halogenated alkanes) is 6. The smallest absolute Gasteiger partial charge is 0.330 e. The van der Waals surface area contributed by atoms with Crippen LogP contribution in [0.1, 0.15) is 115 Å². The Morgan fingerprint density at radius 3 is 1.78 bits per heavy atom. The Balaban J connectivity index is 0.811. The third-order valence-corrected chi connectivity index (χ3v) is 15.2. The molecule has 2 saturated carbocycles. The molecule has 0 radical (unpaired) electrons. The summed E-state index contributed by atoms with van der Waals surface area (Å²) in [4.78, 5) is 40.2. The molecule has 0 bridgehead atoms. The molecule has 78 heavy (non-hydrogen) atoms. The number of esters is 3. The van der Waals surface area contributed by atoms with E-state index < -0.39 is 12.3 Å². The molecular weight excluding hydrogens is 1010 g/mol. The van der Waals surface area contributed by atoms with Gasteiger partial charge in [-0.1, -0.05) is 36.6 Å². The number of hydrogen-bond acceptors (Lipinski definition) is 16. The van der Waals surface area contributed by atoms with Gasteiger partial charge in [0, 0.05) is 24.6 Å². The molecule has 4 aromatic carbocycles. The van der Waals surface area contributed by atoms with Crippen molar-refractivity contribution in [1.29, 1.82) is 0 Å². The third-order valence-electron chi connectivity index (χ3n) is 14.3. The maximum absolute atomic E-state index is 13.2. The van der Waals surface area contributed by atoms with Crippen LogP contribution < -0.4 is 39.3 Å². The van der Waals surface area contributed by atoms with Gasteiger partial charge in [0.1, 0.15) is 34.5 Å². The zero-order valence-electron chi connectivity index (χ0n) is 45.1. The average molecular weight is 1090 g/mol. The van der Waals surface area contributed by atoms with Crippen LogP contribution in [0.25, 0.3) is 10.2 Å². The van der Waals surface area contributed by atoms with Crippen LogP contribution in [0, 0.1) is 23.7 Å². The molecule has 2 aliphatic rings. The summed E-state index contributed by atoms with van der Waals surface area (Å²) in [7, 11) is 0. The van der Waals surface area contributed by atoms with Crippen molar-refractivity contribution in [3.05, 3.63) is 122 Å². The summed E-state index contributed by atoms with van der Waals surface area (Å²) in [6.45, 7) is 10.7. The first-order chi connectivity index (χ1) is 38.2. The molecule has 420 valence electrons. The third kappa shape index (κ3) is 20.6. The molecule has 0 saturated heterocycles. The number of carbonyl (C=O) groups is 3. The lowest BCUT2D eigenvalue weighted by atomic mass is 9.82. The van der Waals surface area contributed by atoms with Crippen LogP contribution >= 0.6 is 11.3 Å². The molecule has 3 N–H and O–H groups in total. The SMILES string of the molecule is C=CC(=O)OCCCCCCOc1ccc(OC(=O)C2CCC(COc3ccc(OCC4CCC(C(O)Oc5ccc(OCCCCCCOC(=O)C=C)cc5)CC4)cc3CCCNNc3nc4ccccc4s3)CC2)cc1. The van der Waals surface area contributed by atoms with E-state index in [2.05, 4.69) is 41.1 Å². The van der Waals surface area contributed by atoms with Gasteiger partial charge in [0.25, 0.3) is 0 Å². The van der Waals surface area contributed by atoms with Gasteiger partial charge in [-0.25, -0.2) is 20.0 Å². The highest BCUT2D eigenvalue weighted by Crippen LogP contribution is 2.35. The Hall–Kier alpha value is -6.62. The largest absolute Gasteiger partial charge is 0.494 e. The number of anilines is 1. The Morgan fingerprint density at radius 2 is 1.17 bits per heavy atom. The molecule has 0 spiro atoms. The van der Waals surface area contributed by atoms with Crippen molar-refractivity contribution in [2.75, 3.05) is 51.6 Å². The second-order valence-corrected chi connectivity index (χ2v) is 21.2. The van der Waals surface area contributed by atoms with Crippen molar-refractivity contribution < 1.29 is 57.4 Å². The van der Waals surface area contributed by atoms with Crippen molar-refractivity contribution >= 4 is 44.6 Å². The molecule has 0 aliphatic heterocycles. The van der Waals surface area contributed by atoms with E-state index >= 15 is 0 Å². The average Bonchev–Trinajstić information content (AvgIpc) is 3.90. The Labute approximate surface area is 464 Å². The highest BCUT2D eigenvalue weighted by atomic mass is 32.1. The van der Waals surface area contributed by atoms with Gasteiger partial charge in [-0.2, -0.15) is 0 Å². The number of hydrazine groups is 1. The normalized spacial score (nSPS) is 17.5. The minimum absolute atomic E-state index is 0.0369. The molecule has 7 rings (SSSR count). The van der Waals surface area contributed by atoms with Crippen LogP contribution in [0.4, 0.5) is 5.13 Å². The van der Waals surface area contributed by atoms with E-state index in [1.54, 1.807) is 23.5 Å². The van der Waals surface area contributed by atoms with Crippen molar-refractivity contribution in [2.24, 2.45) is 23.7 Å². The van der Waals surface area contributed by atoms with Crippen molar-refractivity contribution in [3.63, 3.8) is 0 Å². The number of hydrogen-bond donors (Lipinski definition) is 3. The molecule has 5 aromatic rings. The summed E-state index contributed by atoms with van der Waals surface area (Å²) >= 11 is 1.62. The number of benzene rings is 4. The number of rotatable bonds is 35. The Kier molecular flexibility index (Phi) is 25.0. The monoisotopic (exact) mass is 1090 g/mol. The first-order valence-corrected chi connectivity index (χ1v) is 28.9. The van der Waals surface area contributed by atoms with Gasteiger partial charge in [-0.15, -0.1) is 0 Å². The summed E-state index contributed by atoms with van der Waals surface area (Å²) in [6.07, 6.45) is 17.2. The number of carbonyl (C=O) groups excluding carboxylic acids is 3. The fourth-order valence-corrected chi connectivity index (χ4v) is 10.5. The molecule has 2 aliphatic carbocycles. The quantitative estimate of drug-likeness (QED) is 0.00869. The summed E-state index contributed by atoms with van der Waals surface area (Å²) in [6, 6.07) is 28.9. The van der Waals surface area contributed by atoms with E-state index in [-0.39, 0.29) is 23.8 Å². The number of para-hydroxylation sites is 1. The van der Waals surface area contributed by atoms with Crippen LogP contribution in [0.3, 0.4) is 0 Å². The maximum atomic E-state index is 13.2. The summed E-state index contributed by atoms with van der Waals surface area (Å²) in [5.41, 5.74) is 8.67. The van der Waals surface area contributed by atoms with Gasteiger partial charge in [-0.3, -0.25) is 10.2 Å². The summed E-state index contributed by atoms with van der Waals surface area (Å²) in [5, 5.41) is 11.9. The van der Waals surface area contributed by atoms with E-state index in [0.29, 0.717) is 63.0 Å². The number of aliphatic hydroxyl groups is 1. The zero-order valence-corrected chi connectivity index (χ0v) is 45.9. The second kappa shape index (κ2) is 33.0. The van der Waals surface area contributed by atoms with Gasteiger partial charge in [-0.05, 0) is 212 Å². The van der Waals surface area contributed by atoms with Gasteiger partial charge in [0.2, 0.25) is 0 Å². The van der Waals surface area contributed by atoms with E-state index in [1.165, 1.54) is 12.2 Å². The van der Waals surface area contributed by atoms with Crippen LogP contribution in [0.5, 0.6) is 34.5 Å². The number of aliphatic hydroxyl groups excluding tert-OH is 1. The topological polar surface area (TPSA) is 182 Å². The number of nitrogens with zero attached hydrogens (tertiary/aromatic N) is 1. The van der Waals surface area contributed by atoms with E-state index in [4.69, 9.17) is 37.9 Å². The van der Waals surface area contributed by atoms with Crippen LogP contribution in [-0.2, 0) is 30.3 Å². The van der Waals surface area contributed by atoms with Gasteiger partial charge in [0.05, 0.1) is 55.8 Å². The number of ether oxygens (including phenoxy) is 8. The van der Waals surface area contributed by atoms with Gasteiger partial charge < -0.3 is 43.0 Å². The van der Waals surface area contributed by atoms with E-state index in [0.717, 1.165) is 166 Å². The van der Waals surface area contributed by atoms with E-state index in [1.807, 2.05) is 66.7 Å². The lowest BCUT2D eigenvalue weighted by molar-refractivity contribution is -0.140. The zero-order chi connectivity index (χ0) is 54.6. The standard InChI is InChI=1S/C62H79N3O12S/c1-3-58(66)72-40-13-7-5-11-38-70-50-27-31-52(32-28-50)76-60(68)47-23-19-45(20-24-47)43-74-54-35-36-56(49(42-54)16-15-37-63-65-62-64-55-17-9-10-18-57(55)78-62)75-44-46-21-25-48(26-22-46)61(69)77-53-33-29-51(30-34-53)71-39-12-6-8-14-41-73-59(67)4-2/h3-4,9-10,17-18,27-36,42,45-48,60,63,68H,1-2,5-8,11-16,19-26,37-41,43-44H2,(H,64,65). The number of fused-ring (bicyclic) bond motifs is 1. The minimum atomic E-state index is -0.892. The second-order valence-electron chi connectivity index (χ2n) is 20.2. The summed E-state index contributed by atoms with van der Waals surface area (Å²) in [5.74, 6) is 3.86. The highest BCUT2D eigenvalue weighted by molar-refractivity contribution is 7.22. The van der Waals surface area contributed by atoms with Crippen LogP contribution in [0.15, 0.2) is 116 Å². The fraction of sp³-hybridized carbons (Fsp3) is 0.484.